The largest absolute Gasteiger partial charge is 0.497 e. The molecule has 7 nitrogen and oxygen atoms in total. The molecule has 0 aliphatic rings. The summed E-state index contributed by atoms with van der Waals surface area (Å²) >= 11 is 0. The number of nitrogens with zero attached hydrogens (tertiary/aromatic N) is 1. The Morgan fingerprint density at radius 2 is 1.45 bits per heavy atom. The Hall–Kier alpha value is -3.22. The lowest BCUT2D eigenvalue weighted by Gasteiger charge is -2.16. The molecule has 0 radical (unpaired) electrons. The molecule has 0 saturated carbocycles. The molecule has 0 aromatic heterocycles. The zero-order valence-corrected chi connectivity index (χ0v) is 17.6. The molecule has 0 spiro atoms. The number of carbonyl (C=O) groups is 1. The van der Waals surface area contributed by atoms with Gasteiger partial charge < -0.3 is 18.9 Å². The normalized spacial score (nSPS) is 11.0. The number of hydrogen-bond donors (Lipinski definition) is 1. The molecule has 0 aliphatic carbocycles. The maximum Gasteiger partial charge on any atom is 0.271 e. The smallest absolute Gasteiger partial charge is 0.271 e. The Balaban J connectivity index is 2.26. The summed E-state index contributed by atoms with van der Waals surface area (Å²) in [5, 5.41) is 4.20. The monoisotopic (exact) mass is 400 g/mol. The van der Waals surface area contributed by atoms with Crippen molar-refractivity contribution in [2.75, 3.05) is 26.9 Å². The number of hydrazone groups is 1. The SMILES string of the molecule is CCOc1cc(C(=O)N/N=C(\C)c2ccc(OC)cc2)cc(OCC)c1OCC. The maximum absolute atomic E-state index is 12.7. The van der Waals surface area contributed by atoms with Gasteiger partial charge in [0.2, 0.25) is 5.75 Å². The van der Waals surface area contributed by atoms with Crippen LogP contribution in [0, 0.1) is 0 Å². The Labute approximate surface area is 171 Å². The molecule has 0 atom stereocenters. The first-order valence-corrected chi connectivity index (χ1v) is 9.59. The molecule has 2 aromatic carbocycles. The summed E-state index contributed by atoms with van der Waals surface area (Å²) in [6.07, 6.45) is 0. The number of carbonyl (C=O) groups excluding carboxylic acids is 1. The van der Waals surface area contributed by atoms with Crippen LogP contribution in [0.25, 0.3) is 0 Å². The summed E-state index contributed by atoms with van der Waals surface area (Å²) in [5.41, 5.74) is 4.50. The summed E-state index contributed by atoms with van der Waals surface area (Å²) in [6, 6.07) is 10.7. The van der Waals surface area contributed by atoms with Gasteiger partial charge in [-0.25, -0.2) is 5.43 Å². The summed E-state index contributed by atoms with van der Waals surface area (Å²) in [6.45, 7) is 8.75. The van der Waals surface area contributed by atoms with Crippen LogP contribution in [0.15, 0.2) is 41.5 Å². The van der Waals surface area contributed by atoms with Gasteiger partial charge >= 0.3 is 0 Å². The van der Waals surface area contributed by atoms with Crippen molar-refractivity contribution >= 4 is 11.6 Å². The van der Waals surface area contributed by atoms with Crippen LogP contribution in [-0.2, 0) is 0 Å². The summed E-state index contributed by atoms with van der Waals surface area (Å²) in [7, 11) is 1.61. The lowest BCUT2D eigenvalue weighted by molar-refractivity contribution is 0.0953. The van der Waals surface area contributed by atoms with Gasteiger partial charge in [0.05, 0.1) is 32.6 Å². The van der Waals surface area contributed by atoms with E-state index >= 15 is 0 Å². The minimum atomic E-state index is -0.372. The summed E-state index contributed by atoms with van der Waals surface area (Å²) in [5.74, 6) is 1.79. The Kier molecular flexibility index (Phi) is 8.33. The number of methoxy groups -OCH3 is 1. The van der Waals surface area contributed by atoms with E-state index in [1.54, 1.807) is 19.2 Å². The van der Waals surface area contributed by atoms with Crippen LogP contribution in [0.1, 0.15) is 43.6 Å². The third-order valence-corrected chi connectivity index (χ3v) is 4.00. The van der Waals surface area contributed by atoms with Gasteiger partial charge in [-0.3, -0.25) is 4.79 Å². The highest BCUT2D eigenvalue weighted by atomic mass is 16.5. The fourth-order valence-corrected chi connectivity index (χ4v) is 2.62. The molecular weight excluding hydrogens is 372 g/mol. The number of amides is 1. The second-order valence-corrected chi connectivity index (χ2v) is 5.97. The highest BCUT2D eigenvalue weighted by Gasteiger charge is 2.18. The van der Waals surface area contributed by atoms with Crippen LogP contribution in [-0.4, -0.2) is 38.5 Å². The molecular formula is C22H28N2O5. The molecule has 0 saturated heterocycles. The summed E-state index contributed by atoms with van der Waals surface area (Å²) in [4.78, 5) is 12.7. The van der Waals surface area contributed by atoms with Gasteiger partial charge in [-0.05, 0) is 69.7 Å². The third kappa shape index (κ3) is 5.88. The van der Waals surface area contributed by atoms with Crippen LogP contribution in [0.4, 0.5) is 0 Å². The zero-order chi connectivity index (χ0) is 21.2. The van der Waals surface area contributed by atoms with Gasteiger partial charge in [-0.2, -0.15) is 5.10 Å². The van der Waals surface area contributed by atoms with E-state index in [4.69, 9.17) is 18.9 Å². The van der Waals surface area contributed by atoms with E-state index in [0.717, 1.165) is 11.3 Å². The van der Waals surface area contributed by atoms with Gasteiger partial charge in [0.15, 0.2) is 11.5 Å². The molecule has 1 amide bonds. The topological polar surface area (TPSA) is 78.4 Å². The van der Waals surface area contributed by atoms with Crippen LogP contribution in [0.2, 0.25) is 0 Å². The molecule has 29 heavy (non-hydrogen) atoms. The molecule has 0 unspecified atom stereocenters. The fourth-order valence-electron chi connectivity index (χ4n) is 2.62. The highest BCUT2D eigenvalue weighted by molar-refractivity contribution is 6.01. The van der Waals surface area contributed by atoms with Crippen molar-refractivity contribution in [3.05, 3.63) is 47.5 Å². The summed E-state index contributed by atoms with van der Waals surface area (Å²) < 4.78 is 22.1. The van der Waals surface area contributed by atoms with E-state index in [-0.39, 0.29) is 5.91 Å². The van der Waals surface area contributed by atoms with Gasteiger partial charge in [0.25, 0.3) is 5.91 Å². The van der Waals surface area contributed by atoms with Crippen LogP contribution in [0.3, 0.4) is 0 Å². The van der Waals surface area contributed by atoms with Crippen molar-refractivity contribution in [3.8, 4) is 23.0 Å². The lowest BCUT2D eigenvalue weighted by atomic mass is 10.1. The number of nitrogens with one attached hydrogen (secondary N) is 1. The molecule has 2 rings (SSSR count). The van der Waals surface area contributed by atoms with E-state index < -0.39 is 0 Å². The lowest BCUT2D eigenvalue weighted by Crippen LogP contribution is -2.20. The van der Waals surface area contributed by atoms with Crippen LogP contribution >= 0.6 is 0 Å². The van der Waals surface area contributed by atoms with E-state index in [1.165, 1.54) is 0 Å². The van der Waals surface area contributed by atoms with Gasteiger partial charge in [-0.15, -0.1) is 0 Å². The Morgan fingerprint density at radius 3 is 1.93 bits per heavy atom. The molecule has 0 aliphatic heterocycles. The minimum absolute atomic E-state index is 0.367. The predicted molar refractivity (Wildman–Crippen MR) is 113 cm³/mol. The maximum atomic E-state index is 12.7. The second kappa shape index (κ2) is 10.9. The van der Waals surface area contributed by atoms with E-state index in [2.05, 4.69) is 10.5 Å². The van der Waals surface area contributed by atoms with Crippen molar-refractivity contribution in [2.45, 2.75) is 27.7 Å². The van der Waals surface area contributed by atoms with Crippen molar-refractivity contribution in [2.24, 2.45) is 5.10 Å². The van der Waals surface area contributed by atoms with E-state index in [1.807, 2.05) is 52.0 Å². The standard InChI is InChI=1S/C22H28N2O5/c1-6-27-19-13-17(14-20(28-7-2)21(19)29-8-3)22(25)24-23-15(4)16-9-11-18(26-5)12-10-16/h9-14H,6-8H2,1-5H3,(H,24,25)/b23-15+. The zero-order valence-electron chi connectivity index (χ0n) is 17.6. The first kappa shape index (κ1) is 22.1. The molecule has 1 N–H and O–H groups in total. The molecule has 2 aromatic rings. The second-order valence-electron chi connectivity index (χ2n) is 5.97. The fraction of sp³-hybridized carbons (Fsp3) is 0.364. The Bertz CT molecular complexity index is 820. The van der Waals surface area contributed by atoms with Crippen molar-refractivity contribution in [1.29, 1.82) is 0 Å². The number of ether oxygens (including phenoxy) is 4. The van der Waals surface area contributed by atoms with Gasteiger partial charge in [-0.1, -0.05) is 0 Å². The number of hydrogen-bond acceptors (Lipinski definition) is 6. The van der Waals surface area contributed by atoms with E-state index in [9.17, 15) is 4.79 Å². The van der Waals surface area contributed by atoms with E-state index in [0.29, 0.717) is 48.3 Å². The highest BCUT2D eigenvalue weighted by Crippen LogP contribution is 2.39. The quantitative estimate of drug-likeness (QED) is 0.481. The first-order chi connectivity index (χ1) is 14.0. The average Bonchev–Trinajstić information content (AvgIpc) is 2.74. The number of benzene rings is 2. The predicted octanol–water partition coefficient (Wildman–Crippen LogP) is 4.05. The molecule has 0 heterocycles. The average molecular weight is 400 g/mol. The van der Waals surface area contributed by atoms with Crippen LogP contribution in [0.5, 0.6) is 23.0 Å². The molecule has 7 heteroatoms. The van der Waals surface area contributed by atoms with Crippen molar-refractivity contribution in [3.63, 3.8) is 0 Å². The van der Waals surface area contributed by atoms with Gasteiger partial charge in [0, 0.05) is 5.56 Å². The van der Waals surface area contributed by atoms with Crippen molar-refractivity contribution < 1.29 is 23.7 Å². The van der Waals surface area contributed by atoms with Crippen LogP contribution < -0.4 is 24.4 Å². The molecule has 0 bridgehead atoms. The third-order valence-electron chi connectivity index (χ3n) is 4.00. The molecule has 156 valence electrons. The minimum Gasteiger partial charge on any atom is -0.497 e. The van der Waals surface area contributed by atoms with Gasteiger partial charge in [0.1, 0.15) is 5.75 Å². The van der Waals surface area contributed by atoms with Crippen molar-refractivity contribution in [1.82, 2.24) is 5.43 Å². The number of rotatable bonds is 10. The Morgan fingerprint density at radius 1 is 0.897 bits per heavy atom. The first-order valence-electron chi connectivity index (χ1n) is 9.59. The molecule has 0 fully saturated rings.